The predicted octanol–water partition coefficient (Wildman–Crippen LogP) is 1.94. The first-order valence-corrected chi connectivity index (χ1v) is 5.84. The molecule has 2 rings (SSSR count). The lowest BCUT2D eigenvalue weighted by Gasteiger charge is -2.39. The minimum Gasteiger partial charge on any atom is -0.478 e. The number of nitrogens with one attached hydrogen (secondary N) is 1. The summed E-state index contributed by atoms with van der Waals surface area (Å²) in [5.74, 6) is -0.988. The number of anilines is 2. The van der Waals surface area contributed by atoms with Crippen molar-refractivity contribution in [3.05, 3.63) is 23.8 Å². The molecule has 5 heteroatoms. The summed E-state index contributed by atoms with van der Waals surface area (Å²) in [6.07, 6.45) is 0. The van der Waals surface area contributed by atoms with E-state index in [1.807, 2.05) is 6.92 Å². The standard InChI is InChI=1S/C13H16N2O3/c1-4-15-10-6-5-8(11(16)17)7-9(10)14-13(2,3)12(15)18/h5-7,14H,4H2,1-3H3,(H,16,17). The third-order valence-electron chi connectivity index (χ3n) is 3.08. The van der Waals surface area contributed by atoms with Crippen LogP contribution in [0.4, 0.5) is 11.4 Å². The van der Waals surface area contributed by atoms with Gasteiger partial charge in [0.15, 0.2) is 0 Å². The molecule has 0 saturated carbocycles. The quantitative estimate of drug-likeness (QED) is 0.839. The summed E-state index contributed by atoms with van der Waals surface area (Å²) in [5.41, 5.74) is 0.899. The second-order valence-corrected chi connectivity index (χ2v) is 4.84. The van der Waals surface area contributed by atoms with Gasteiger partial charge >= 0.3 is 5.97 Å². The average Bonchev–Trinajstić information content (AvgIpc) is 2.29. The highest BCUT2D eigenvalue weighted by molar-refractivity contribution is 6.08. The van der Waals surface area contributed by atoms with Crippen molar-refractivity contribution in [2.75, 3.05) is 16.8 Å². The molecule has 0 aliphatic carbocycles. The Hall–Kier alpha value is -2.04. The molecule has 18 heavy (non-hydrogen) atoms. The fourth-order valence-corrected chi connectivity index (χ4v) is 2.16. The summed E-state index contributed by atoms with van der Waals surface area (Å²) in [6, 6.07) is 4.74. The largest absolute Gasteiger partial charge is 0.478 e. The van der Waals surface area contributed by atoms with Crippen LogP contribution in [0.15, 0.2) is 18.2 Å². The van der Waals surface area contributed by atoms with Crippen molar-refractivity contribution in [1.29, 1.82) is 0 Å². The highest BCUT2D eigenvalue weighted by Gasteiger charge is 2.37. The van der Waals surface area contributed by atoms with Gasteiger partial charge in [-0.05, 0) is 39.0 Å². The first-order valence-electron chi connectivity index (χ1n) is 5.84. The lowest BCUT2D eigenvalue weighted by atomic mass is 9.97. The maximum atomic E-state index is 12.2. The number of likely N-dealkylation sites (N-methyl/N-ethyl adjacent to an activating group) is 1. The van der Waals surface area contributed by atoms with Crippen molar-refractivity contribution in [2.24, 2.45) is 0 Å². The van der Waals surface area contributed by atoms with Crippen molar-refractivity contribution < 1.29 is 14.7 Å². The van der Waals surface area contributed by atoms with Crippen LogP contribution in [-0.2, 0) is 4.79 Å². The van der Waals surface area contributed by atoms with Crippen LogP contribution in [0.1, 0.15) is 31.1 Å². The van der Waals surface area contributed by atoms with Gasteiger partial charge in [0.2, 0.25) is 0 Å². The zero-order valence-electron chi connectivity index (χ0n) is 10.7. The molecular formula is C13H16N2O3. The Morgan fingerprint density at radius 1 is 1.44 bits per heavy atom. The molecule has 1 aliphatic heterocycles. The molecule has 0 saturated heterocycles. The molecular weight excluding hydrogens is 232 g/mol. The smallest absolute Gasteiger partial charge is 0.335 e. The zero-order chi connectivity index (χ0) is 13.5. The molecule has 5 nitrogen and oxygen atoms in total. The van der Waals surface area contributed by atoms with E-state index < -0.39 is 11.5 Å². The van der Waals surface area contributed by atoms with Crippen LogP contribution in [-0.4, -0.2) is 29.1 Å². The third kappa shape index (κ3) is 1.81. The van der Waals surface area contributed by atoms with Gasteiger partial charge in [-0.25, -0.2) is 4.79 Å². The van der Waals surface area contributed by atoms with E-state index in [9.17, 15) is 9.59 Å². The van der Waals surface area contributed by atoms with Gasteiger partial charge in [0.1, 0.15) is 5.54 Å². The van der Waals surface area contributed by atoms with Crippen molar-refractivity contribution in [3.8, 4) is 0 Å². The number of carbonyl (C=O) groups excluding carboxylic acids is 1. The van der Waals surface area contributed by atoms with Gasteiger partial charge < -0.3 is 15.3 Å². The summed E-state index contributed by atoms with van der Waals surface area (Å²) in [7, 11) is 0. The molecule has 2 N–H and O–H groups in total. The lowest BCUT2D eigenvalue weighted by Crippen LogP contribution is -2.53. The molecule has 0 bridgehead atoms. The molecule has 1 aromatic rings. The second kappa shape index (κ2) is 4.01. The first-order chi connectivity index (χ1) is 8.36. The van der Waals surface area contributed by atoms with Gasteiger partial charge in [0.05, 0.1) is 16.9 Å². The second-order valence-electron chi connectivity index (χ2n) is 4.84. The van der Waals surface area contributed by atoms with Crippen LogP contribution in [0.5, 0.6) is 0 Å². The van der Waals surface area contributed by atoms with Crippen LogP contribution in [0.2, 0.25) is 0 Å². The van der Waals surface area contributed by atoms with E-state index in [0.29, 0.717) is 12.2 Å². The van der Waals surface area contributed by atoms with Crippen molar-refractivity contribution in [2.45, 2.75) is 26.3 Å². The van der Waals surface area contributed by atoms with Crippen LogP contribution in [0.3, 0.4) is 0 Å². The number of carbonyl (C=O) groups is 2. The normalized spacial score (nSPS) is 17.1. The lowest BCUT2D eigenvalue weighted by molar-refractivity contribution is -0.122. The molecule has 1 amide bonds. The fraction of sp³-hybridized carbons (Fsp3) is 0.385. The molecule has 0 spiro atoms. The molecule has 96 valence electrons. The van der Waals surface area contributed by atoms with E-state index in [1.165, 1.54) is 6.07 Å². The molecule has 0 aromatic heterocycles. The summed E-state index contributed by atoms with van der Waals surface area (Å²) in [4.78, 5) is 24.8. The fourth-order valence-electron chi connectivity index (χ4n) is 2.16. The molecule has 1 aliphatic rings. The maximum Gasteiger partial charge on any atom is 0.335 e. The maximum absolute atomic E-state index is 12.2. The minimum atomic E-state index is -0.975. The topological polar surface area (TPSA) is 69.6 Å². The summed E-state index contributed by atoms with van der Waals surface area (Å²) < 4.78 is 0. The Labute approximate surface area is 105 Å². The molecule has 0 unspecified atom stereocenters. The van der Waals surface area contributed by atoms with E-state index in [0.717, 1.165) is 5.69 Å². The Morgan fingerprint density at radius 3 is 2.67 bits per heavy atom. The number of amides is 1. The summed E-state index contributed by atoms with van der Waals surface area (Å²) in [6.45, 7) is 6.03. The number of rotatable bonds is 2. The van der Waals surface area contributed by atoms with E-state index in [2.05, 4.69) is 5.32 Å². The SMILES string of the molecule is CCN1C(=O)C(C)(C)Nc2cc(C(=O)O)ccc21. The van der Waals surface area contributed by atoms with E-state index >= 15 is 0 Å². The van der Waals surface area contributed by atoms with Gasteiger partial charge in [-0.2, -0.15) is 0 Å². The highest BCUT2D eigenvalue weighted by Crippen LogP contribution is 2.35. The number of carboxylic acid groups (broad SMARTS) is 1. The molecule has 0 atom stereocenters. The van der Waals surface area contributed by atoms with Gasteiger partial charge in [-0.15, -0.1) is 0 Å². The average molecular weight is 248 g/mol. The predicted molar refractivity (Wildman–Crippen MR) is 69.1 cm³/mol. The van der Waals surface area contributed by atoms with Gasteiger partial charge in [-0.1, -0.05) is 0 Å². The van der Waals surface area contributed by atoms with E-state index in [1.54, 1.807) is 30.9 Å². The van der Waals surface area contributed by atoms with Crippen molar-refractivity contribution in [1.82, 2.24) is 0 Å². The van der Waals surface area contributed by atoms with Gasteiger partial charge in [0, 0.05) is 6.54 Å². The summed E-state index contributed by atoms with van der Waals surface area (Å²) >= 11 is 0. The number of carboxylic acids is 1. The van der Waals surface area contributed by atoms with Gasteiger partial charge in [-0.3, -0.25) is 4.79 Å². The summed E-state index contributed by atoms with van der Waals surface area (Å²) in [5, 5.41) is 12.1. The Kier molecular flexibility index (Phi) is 2.77. The van der Waals surface area contributed by atoms with Crippen LogP contribution in [0.25, 0.3) is 0 Å². The number of hydrogen-bond donors (Lipinski definition) is 2. The zero-order valence-corrected chi connectivity index (χ0v) is 10.7. The van der Waals surface area contributed by atoms with Crippen molar-refractivity contribution >= 4 is 23.3 Å². The number of nitrogens with zero attached hydrogens (tertiary/aromatic N) is 1. The van der Waals surface area contributed by atoms with Crippen LogP contribution in [0, 0.1) is 0 Å². The van der Waals surface area contributed by atoms with Crippen molar-refractivity contribution in [3.63, 3.8) is 0 Å². The molecule has 0 fully saturated rings. The van der Waals surface area contributed by atoms with Crippen LogP contribution < -0.4 is 10.2 Å². The monoisotopic (exact) mass is 248 g/mol. The first kappa shape index (κ1) is 12.4. The van der Waals surface area contributed by atoms with Crippen LogP contribution >= 0.6 is 0 Å². The minimum absolute atomic E-state index is 0.0134. The van der Waals surface area contributed by atoms with E-state index in [4.69, 9.17) is 5.11 Å². The number of hydrogen-bond acceptors (Lipinski definition) is 3. The third-order valence-corrected chi connectivity index (χ3v) is 3.08. The Bertz CT molecular complexity index is 523. The van der Waals surface area contributed by atoms with E-state index in [-0.39, 0.29) is 11.5 Å². The molecule has 1 aromatic carbocycles. The Balaban J connectivity index is 2.55. The number of aromatic carboxylic acids is 1. The Morgan fingerprint density at radius 2 is 2.11 bits per heavy atom. The molecule has 0 radical (unpaired) electrons. The highest BCUT2D eigenvalue weighted by atomic mass is 16.4. The molecule has 1 heterocycles. The number of fused-ring (bicyclic) bond motifs is 1. The van der Waals surface area contributed by atoms with Gasteiger partial charge in [0.25, 0.3) is 5.91 Å². The number of benzene rings is 1.